The van der Waals surface area contributed by atoms with E-state index in [0.29, 0.717) is 5.69 Å². The molecule has 0 radical (unpaired) electrons. The van der Waals surface area contributed by atoms with E-state index in [9.17, 15) is 14.0 Å². The number of benzene rings is 1. The van der Waals surface area contributed by atoms with Crippen LogP contribution in [0.4, 0.5) is 10.1 Å². The van der Waals surface area contributed by atoms with E-state index < -0.39 is 5.91 Å². The average Bonchev–Trinajstić information content (AvgIpc) is 2.38. The van der Waals surface area contributed by atoms with Gasteiger partial charge in [-0.25, -0.2) is 4.39 Å². The number of hydrogen-bond acceptors (Lipinski definition) is 2. The minimum Gasteiger partial charge on any atom is -0.367 e. The number of aromatic amines is 1. The SMILES string of the molecule is CN(C(=O)c1c[nH]ccc1=O)c1ccc(F)cc1. The quantitative estimate of drug-likeness (QED) is 0.878. The lowest BCUT2D eigenvalue weighted by atomic mass is 10.2. The molecule has 0 spiro atoms. The van der Waals surface area contributed by atoms with Gasteiger partial charge in [0.05, 0.1) is 0 Å². The molecular formula is C13H11FN2O2. The maximum absolute atomic E-state index is 12.8. The first-order valence-electron chi connectivity index (χ1n) is 5.30. The van der Waals surface area contributed by atoms with Crippen molar-refractivity contribution in [2.24, 2.45) is 0 Å². The summed E-state index contributed by atoms with van der Waals surface area (Å²) in [6, 6.07) is 6.75. The molecule has 92 valence electrons. The number of H-pyrrole nitrogens is 1. The molecule has 0 fully saturated rings. The fourth-order valence-corrected chi connectivity index (χ4v) is 1.55. The van der Waals surface area contributed by atoms with E-state index >= 15 is 0 Å². The Bertz CT molecular complexity index is 619. The molecule has 4 nitrogen and oxygen atoms in total. The molecule has 5 heteroatoms. The van der Waals surface area contributed by atoms with Crippen LogP contribution in [0.15, 0.2) is 47.5 Å². The van der Waals surface area contributed by atoms with Crippen molar-refractivity contribution in [1.29, 1.82) is 0 Å². The van der Waals surface area contributed by atoms with Crippen molar-refractivity contribution in [3.63, 3.8) is 0 Å². The third-order valence-corrected chi connectivity index (χ3v) is 2.57. The summed E-state index contributed by atoms with van der Waals surface area (Å²) < 4.78 is 12.8. The predicted octanol–water partition coefficient (Wildman–Crippen LogP) is 1.79. The minimum atomic E-state index is -0.441. The summed E-state index contributed by atoms with van der Waals surface area (Å²) in [5.41, 5.74) is 0.210. The molecule has 0 saturated heterocycles. The van der Waals surface area contributed by atoms with Gasteiger partial charge >= 0.3 is 0 Å². The highest BCUT2D eigenvalue weighted by atomic mass is 19.1. The number of carbonyl (C=O) groups is 1. The largest absolute Gasteiger partial charge is 0.367 e. The third-order valence-electron chi connectivity index (χ3n) is 2.57. The molecule has 0 aliphatic heterocycles. The number of nitrogens with one attached hydrogen (secondary N) is 1. The fourth-order valence-electron chi connectivity index (χ4n) is 1.55. The number of rotatable bonds is 2. The van der Waals surface area contributed by atoms with E-state index in [0.717, 1.165) is 0 Å². The molecule has 0 saturated carbocycles. The Hall–Kier alpha value is -2.43. The Morgan fingerprint density at radius 2 is 1.89 bits per heavy atom. The van der Waals surface area contributed by atoms with Crippen molar-refractivity contribution in [1.82, 2.24) is 4.98 Å². The Morgan fingerprint density at radius 1 is 1.22 bits per heavy atom. The van der Waals surface area contributed by atoms with Crippen LogP contribution in [0.1, 0.15) is 10.4 Å². The molecule has 1 N–H and O–H groups in total. The Morgan fingerprint density at radius 3 is 2.50 bits per heavy atom. The Kier molecular flexibility index (Phi) is 3.23. The standard InChI is InChI=1S/C13H11FN2O2/c1-16(10-4-2-9(14)3-5-10)13(18)11-8-15-7-6-12(11)17/h2-8H,1H3,(H,15,17). The first kappa shape index (κ1) is 12.0. The maximum Gasteiger partial charge on any atom is 0.263 e. The van der Waals surface area contributed by atoms with Crippen LogP contribution in [0.3, 0.4) is 0 Å². The molecule has 1 amide bonds. The summed E-state index contributed by atoms with van der Waals surface area (Å²) >= 11 is 0. The lowest BCUT2D eigenvalue weighted by Crippen LogP contribution is -2.30. The van der Waals surface area contributed by atoms with Crippen LogP contribution in [-0.2, 0) is 0 Å². The molecule has 0 aliphatic rings. The first-order chi connectivity index (χ1) is 8.59. The average molecular weight is 246 g/mol. The summed E-state index contributed by atoms with van der Waals surface area (Å²) in [6.45, 7) is 0. The number of anilines is 1. The monoisotopic (exact) mass is 246 g/mol. The van der Waals surface area contributed by atoms with E-state index in [1.165, 1.54) is 54.7 Å². The van der Waals surface area contributed by atoms with Gasteiger partial charge in [-0.2, -0.15) is 0 Å². The highest BCUT2D eigenvalue weighted by Crippen LogP contribution is 2.14. The number of carbonyl (C=O) groups excluding carboxylic acids is 1. The Labute approximate surface area is 103 Å². The van der Waals surface area contributed by atoms with Crippen LogP contribution in [0.5, 0.6) is 0 Å². The highest BCUT2D eigenvalue weighted by molar-refractivity contribution is 6.05. The molecule has 2 aromatic rings. The van der Waals surface area contributed by atoms with E-state index in [1.807, 2.05) is 0 Å². The third kappa shape index (κ3) is 2.29. The molecule has 1 aromatic heterocycles. The van der Waals surface area contributed by atoms with Gasteiger partial charge in [-0.1, -0.05) is 0 Å². The Balaban J connectivity index is 2.32. The van der Waals surface area contributed by atoms with Crippen LogP contribution < -0.4 is 10.3 Å². The van der Waals surface area contributed by atoms with Gasteiger partial charge < -0.3 is 9.88 Å². The predicted molar refractivity (Wildman–Crippen MR) is 66.2 cm³/mol. The second-order valence-corrected chi connectivity index (χ2v) is 3.76. The summed E-state index contributed by atoms with van der Waals surface area (Å²) in [6.07, 6.45) is 2.81. The van der Waals surface area contributed by atoms with Gasteiger partial charge in [0.2, 0.25) is 0 Å². The number of hydrogen-bond donors (Lipinski definition) is 1. The fraction of sp³-hybridized carbons (Fsp3) is 0.0769. The van der Waals surface area contributed by atoms with E-state index in [-0.39, 0.29) is 16.8 Å². The zero-order chi connectivity index (χ0) is 13.1. The first-order valence-corrected chi connectivity index (χ1v) is 5.30. The van der Waals surface area contributed by atoms with Gasteiger partial charge in [-0.05, 0) is 24.3 Å². The van der Waals surface area contributed by atoms with Crippen LogP contribution >= 0.6 is 0 Å². The normalized spacial score (nSPS) is 10.1. The van der Waals surface area contributed by atoms with E-state index in [4.69, 9.17) is 0 Å². The number of amides is 1. The van der Waals surface area contributed by atoms with Crippen LogP contribution in [0, 0.1) is 5.82 Å². The minimum absolute atomic E-state index is 0.0457. The lowest BCUT2D eigenvalue weighted by Gasteiger charge is -2.16. The van der Waals surface area contributed by atoms with Crippen LogP contribution in [0.25, 0.3) is 0 Å². The van der Waals surface area contributed by atoms with Gasteiger partial charge in [0.1, 0.15) is 11.4 Å². The molecule has 2 rings (SSSR count). The smallest absolute Gasteiger partial charge is 0.263 e. The van der Waals surface area contributed by atoms with Crippen molar-refractivity contribution < 1.29 is 9.18 Å². The van der Waals surface area contributed by atoms with Crippen LogP contribution in [-0.4, -0.2) is 17.9 Å². The highest BCUT2D eigenvalue weighted by Gasteiger charge is 2.16. The molecule has 1 heterocycles. The summed E-state index contributed by atoms with van der Waals surface area (Å²) in [7, 11) is 1.53. The summed E-state index contributed by atoms with van der Waals surface area (Å²) in [5, 5.41) is 0. The molecule has 0 bridgehead atoms. The van der Waals surface area contributed by atoms with Gasteiger partial charge in [0.25, 0.3) is 5.91 Å². The van der Waals surface area contributed by atoms with Gasteiger partial charge in [0.15, 0.2) is 5.43 Å². The van der Waals surface area contributed by atoms with Crippen molar-refractivity contribution in [2.75, 3.05) is 11.9 Å². The maximum atomic E-state index is 12.8. The molecule has 0 atom stereocenters. The van der Waals surface area contributed by atoms with Crippen LogP contribution in [0.2, 0.25) is 0 Å². The topological polar surface area (TPSA) is 53.2 Å². The molecular weight excluding hydrogens is 235 g/mol. The number of aromatic nitrogens is 1. The van der Waals surface area contributed by atoms with Gasteiger partial charge in [-0.3, -0.25) is 9.59 Å². The second kappa shape index (κ2) is 4.83. The zero-order valence-electron chi connectivity index (χ0n) is 9.68. The number of nitrogens with zero attached hydrogens (tertiary/aromatic N) is 1. The molecule has 0 aliphatic carbocycles. The van der Waals surface area contributed by atoms with Crippen molar-refractivity contribution in [3.8, 4) is 0 Å². The van der Waals surface area contributed by atoms with Crippen molar-refractivity contribution in [2.45, 2.75) is 0 Å². The molecule has 18 heavy (non-hydrogen) atoms. The lowest BCUT2D eigenvalue weighted by molar-refractivity contribution is 0.0991. The van der Waals surface area contributed by atoms with Crippen molar-refractivity contribution >= 4 is 11.6 Å². The molecule has 0 unspecified atom stereocenters. The van der Waals surface area contributed by atoms with Crippen molar-refractivity contribution in [3.05, 3.63) is 64.3 Å². The number of halogens is 1. The van der Waals surface area contributed by atoms with Gasteiger partial charge in [0, 0.05) is 31.2 Å². The second-order valence-electron chi connectivity index (χ2n) is 3.76. The summed E-state index contributed by atoms with van der Waals surface area (Å²) in [4.78, 5) is 27.6. The van der Waals surface area contributed by atoms with E-state index in [2.05, 4.69) is 4.98 Å². The number of pyridine rings is 1. The zero-order valence-corrected chi connectivity index (χ0v) is 9.68. The van der Waals surface area contributed by atoms with Gasteiger partial charge in [-0.15, -0.1) is 0 Å². The molecule has 1 aromatic carbocycles. The summed E-state index contributed by atoms with van der Waals surface area (Å²) in [5.74, 6) is -0.819. The van der Waals surface area contributed by atoms with E-state index in [1.54, 1.807) is 0 Å².